The van der Waals surface area contributed by atoms with Crippen molar-refractivity contribution < 1.29 is 9.47 Å². The van der Waals surface area contributed by atoms with Gasteiger partial charge >= 0.3 is 0 Å². The molecule has 0 atom stereocenters. The van der Waals surface area contributed by atoms with Crippen molar-refractivity contribution in [3.05, 3.63) is 35.4 Å². The van der Waals surface area contributed by atoms with Crippen LogP contribution in [0.25, 0.3) is 0 Å². The van der Waals surface area contributed by atoms with Crippen LogP contribution in [0.4, 0.5) is 0 Å². The number of unbranched alkanes of at least 4 members (excludes halogenated alkanes) is 2. The van der Waals surface area contributed by atoms with Gasteiger partial charge < -0.3 is 9.47 Å². The van der Waals surface area contributed by atoms with E-state index in [4.69, 9.17) is 32.7 Å². The minimum Gasteiger partial charge on any atom is -0.377 e. The van der Waals surface area contributed by atoms with Gasteiger partial charge in [-0.2, -0.15) is 0 Å². The molecule has 0 aliphatic rings. The highest BCUT2D eigenvalue weighted by molar-refractivity contribution is 6.18. The molecule has 0 saturated carbocycles. The molecule has 0 spiro atoms. The van der Waals surface area contributed by atoms with Gasteiger partial charge in [0.15, 0.2) is 0 Å². The summed E-state index contributed by atoms with van der Waals surface area (Å²) in [6.07, 6.45) is 4.08. The third-order valence-electron chi connectivity index (χ3n) is 2.91. The van der Waals surface area contributed by atoms with Crippen LogP contribution in [0.5, 0.6) is 0 Å². The van der Waals surface area contributed by atoms with E-state index in [2.05, 4.69) is 24.3 Å². The van der Waals surface area contributed by atoms with Crippen LogP contribution < -0.4 is 0 Å². The first kappa shape index (κ1) is 17.8. The summed E-state index contributed by atoms with van der Waals surface area (Å²) in [7, 11) is 0. The van der Waals surface area contributed by atoms with Gasteiger partial charge in [-0.15, -0.1) is 23.2 Å². The number of hydrogen-bond acceptors (Lipinski definition) is 2. The summed E-state index contributed by atoms with van der Waals surface area (Å²) in [4.78, 5) is 0. The lowest BCUT2D eigenvalue weighted by Crippen LogP contribution is -1.98. The Kier molecular flexibility index (Phi) is 11.1. The first-order valence-electron chi connectivity index (χ1n) is 7.22. The Bertz CT molecular complexity index is 295. The molecule has 0 aliphatic heterocycles. The van der Waals surface area contributed by atoms with Crippen LogP contribution >= 0.6 is 23.2 Å². The van der Waals surface area contributed by atoms with Gasteiger partial charge in [-0.25, -0.2) is 0 Å². The lowest BCUT2D eigenvalue weighted by molar-refractivity contribution is 0.116. The maximum Gasteiger partial charge on any atom is 0.0716 e. The predicted molar refractivity (Wildman–Crippen MR) is 85.7 cm³/mol. The van der Waals surface area contributed by atoms with Gasteiger partial charge in [0.25, 0.3) is 0 Å². The third-order valence-corrected chi connectivity index (χ3v) is 3.44. The highest BCUT2D eigenvalue weighted by Crippen LogP contribution is 2.08. The molecule has 0 aromatic heterocycles. The SMILES string of the molecule is ClCCCCOCc1ccc(COCCCCCl)cc1. The average molecular weight is 319 g/mol. The zero-order valence-corrected chi connectivity index (χ0v) is 13.5. The Hall–Kier alpha value is -0.280. The van der Waals surface area contributed by atoms with Crippen molar-refractivity contribution in [1.29, 1.82) is 0 Å². The van der Waals surface area contributed by atoms with Crippen LogP contribution in [0, 0.1) is 0 Å². The molecular formula is C16H24Cl2O2. The number of benzene rings is 1. The molecule has 0 fully saturated rings. The predicted octanol–water partition coefficient (Wildman–Crippen LogP) is 4.76. The lowest BCUT2D eigenvalue weighted by atomic mass is 10.1. The molecule has 0 bridgehead atoms. The molecule has 20 heavy (non-hydrogen) atoms. The van der Waals surface area contributed by atoms with E-state index in [0.29, 0.717) is 25.0 Å². The van der Waals surface area contributed by atoms with Crippen molar-refractivity contribution in [2.45, 2.75) is 38.9 Å². The van der Waals surface area contributed by atoms with Crippen molar-refractivity contribution in [3.63, 3.8) is 0 Å². The van der Waals surface area contributed by atoms with Crippen LogP contribution in [-0.2, 0) is 22.7 Å². The van der Waals surface area contributed by atoms with Gasteiger partial charge in [-0.3, -0.25) is 0 Å². The van der Waals surface area contributed by atoms with Gasteiger partial charge in [0.2, 0.25) is 0 Å². The molecule has 0 unspecified atom stereocenters. The molecule has 0 N–H and O–H groups in total. The highest BCUT2D eigenvalue weighted by Gasteiger charge is 1.97. The van der Waals surface area contributed by atoms with Crippen molar-refractivity contribution in [2.24, 2.45) is 0 Å². The van der Waals surface area contributed by atoms with Crippen LogP contribution in [-0.4, -0.2) is 25.0 Å². The summed E-state index contributed by atoms with van der Waals surface area (Å²) in [6, 6.07) is 8.38. The number of ether oxygens (including phenoxy) is 2. The Labute approximate surface area is 132 Å². The van der Waals surface area contributed by atoms with Gasteiger partial charge in [0.05, 0.1) is 13.2 Å². The second-order valence-electron chi connectivity index (χ2n) is 4.71. The van der Waals surface area contributed by atoms with Gasteiger partial charge in [0, 0.05) is 25.0 Å². The zero-order chi connectivity index (χ0) is 14.5. The maximum absolute atomic E-state index is 5.61. The minimum atomic E-state index is 0.666. The van der Waals surface area contributed by atoms with Crippen LogP contribution in [0.3, 0.4) is 0 Å². The molecule has 1 rings (SSSR count). The molecule has 0 radical (unpaired) electrons. The molecule has 2 nitrogen and oxygen atoms in total. The van der Waals surface area contributed by atoms with E-state index in [1.165, 1.54) is 11.1 Å². The standard InChI is InChI=1S/C16H24Cl2O2/c17-9-1-3-11-19-13-15-5-7-16(8-6-15)14-20-12-4-2-10-18/h5-8H,1-4,9-14H2. The van der Waals surface area contributed by atoms with Gasteiger partial charge in [-0.1, -0.05) is 24.3 Å². The topological polar surface area (TPSA) is 18.5 Å². The average Bonchev–Trinajstić information content (AvgIpc) is 2.48. The molecule has 114 valence electrons. The zero-order valence-electron chi connectivity index (χ0n) is 12.0. The monoisotopic (exact) mass is 318 g/mol. The fourth-order valence-corrected chi connectivity index (χ4v) is 2.09. The summed E-state index contributed by atoms with van der Waals surface area (Å²) in [6.45, 7) is 2.88. The summed E-state index contributed by atoms with van der Waals surface area (Å²) in [5.41, 5.74) is 2.39. The maximum atomic E-state index is 5.61. The molecule has 0 aliphatic carbocycles. The van der Waals surface area contributed by atoms with Crippen molar-refractivity contribution in [1.82, 2.24) is 0 Å². The molecule has 1 aromatic carbocycles. The largest absolute Gasteiger partial charge is 0.377 e. The summed E-state index contributed by atoms with van der Waals surface area (Å²) in [5.74, 6) is 1.42. The molecule has 4 heteroatoms. The molecule has 0 amide bonds. The van der Waals surface area contributed by atoms with E-state index in [0.717, 1.165) is 38.9 Å². The Morgan fingerprint density at radius 2 is 1.05 bits per heavy atom. The number of alkyl halides is 2. The van der Waals surface area contributed by atoms with Gasteiger partial charge in [0.1, 0.15) is 0 Å². The number of hydrogen-bond donors (Lipinski definition) is 0. The normalized spacial score (nSPS) is 10.9. The van der Waals surface area contributed by atoms with E-state index >= 15 is 0 Å². The molecule has 0 saturated heterocycles. The Morgan fingerprint density at radius 3 is 1.40 bits per heavy atom. The van der Waals surface area contributed by atoms with E-state index in [1.807, 2.05) is 0 Å². The Balaban J connectivity index is 2.13. The second kappa shape index (κ2) is 12.5. The smallest absolute Gasteiger partial charge is 0.0716 e. The van der Waals surface area contributed by atoms with E-state index < -0.39 is 0 Å². The van der Waals surface area contributed by atoms with Gasteiger partial charge in [-0.05, 0) is 36.8 Å². The number of rotatable bonds is 12. The van der Waals surface area contributed by atoms with Crippen molar-refractivity contribution in [3.8, 4) is 0 Å². The summed E-state index contributed by atoms with van der Waals surface area (Å²) < 4.78 is 11.2. The first-order valence-corrected chi connectivity index (χ1v) is 8.29. The molecule has 1 aromatic rings. The minimum absolute atomic E-state index is 0.666. The lowest BCUT2D eigenvalue weighted by Gasteiger charge is -2.06. The summed E-state index contributed by atoms with van der Waals surface area (Å²) >= 11 is 11.2. The third kappa shape index (κ3) is 8.80. The number of halogens is 2. The van der Waals surface area contributed by atoms with Crippen molar-refractivity contribution >= 4 is 23.2 Å². The fraction of sp³-hybridized carbons (Fsp3) is 0.625. The fourth-order valence-electron chi connectivity index (χ4n) is 1.71. The first-order chi connectivity index (χ1) is 9.86. The van der Waals surface area contributed by atoms with Crippen LogP contribution in [0.2, 0.25) is 0 Å². The van der Waals surface area contributed by atoms with Crippen LogP contribution in [0.1, 0.15) is 36.8 Å². The summed E-state index contributed by atoms with van der Waals surface area (Å²) in [5, 5.41) is 0. The van der Waals surface area contributed by atoms with Crippen molar-refractivity contribution in [2.75, 3.05) is 25.0 Å². The second-order valence-corrected chi connectivity index (χ2v) is 5.47. The van der Waals surface area contributed by atoms with E-state index in [-0.39, 0.29) is 0 Å². The molecule has 0 heterocycles. The molecular weight excluding hydrogens is 295 g/mol. The van der Waals surface area contributed by atoms with E-state index in [1.54, 1.807) is 0 Å². The Morgan fingerprint density at radius 1 is 0.650 bits per heavy atom. The quantitative estimate of drug-likeness (QED) is 0.408. The van der Waals surface area contributed by atoms with Crippen LogP contribution in [0.15, 0.2) is 24.3 Å². The van der Waals surface area contributed by atoms with E-state index in [9.17, 15) is 0 Å². The highest BCUT2D eigenvalue weighted by atomic mass is 35.5.